The fourth-order valence-electron chi connectivity index (χ4n) is 1.24. The summed E-state index contributed by atoms with van der Waals surface area (Å²) >= 11 is 0. The number of likely N-dealkylation sites (tertiary alicyclic amines) is 1. The van der Waals surface area contributed by atoms with Gasteiger partial charge in [-0.15, -0.1) is 0 Å². The van der Waals surface area contributed by atoms with E-state index in [1.54, 1.807) is 4.90 Å². The summed E-state index contributed by atoms with van der Waals surface area (Å²) in [5, 5.41) is 8.57. The number of nitrogens with zero attached hydrogens (tertiary/aromatic N) is 1. The van der Waals surface area contributed by atoms with Gasteiger partial charge in [-0.2, -0.15) is 0 Å². The molecule has 1 heterocycles. The molecule has 1 fully saturated rings. The molecule has 0 spiro atoms. The Morgan fingerprint density at radius 2 is 2.23 bits per heavy atom. The highest BCUT2D eigenvalue weighted by Crippen LogP contribution is 2.16. The van der Waals surface area contributed by atoms with Crippen molar-refractivity contribution in [3.05, 3.63) is 0 Å². The monoisotopic (exact) mass is 179 g/mol. The van der Waals surface area contributed by atoms with Crippen LogP contribution in [0, 0.1) is 5.92 Å². The van der Waals surface area contributed by atoms with Gasteiger partial charge in [-0.25, -0.2) is 0 Å². The van der Waals surface area contributed by atoms with E-state index in [4.69, 9.17) is 5.11 Å². The summed E-state index contributed by atoms with van der Waals surface area (Å²) in [6.07, 6.45) is 0.170. The Morgan fingerprint density at radius 1 is 1.69 bits per heavy atom. The van der Waals surface area contributed by atoms with E-state index in [1.165, 1.54) is 0 Å². The molecule has 0 aromatic carbocycles. The summed E-state index contributed by atoms with van der Waals surface area (Å²) in [6.45, 7) is 2.84. The second kappa shape index (κ2) is 5.67. The van der Waals surface area contributed by atoms with Crippen LogP contribution in [0.2, 0.25) is 0 Å². The number of hydrogen-bond acceptors (Lipinski definition) is 2. The first-order chi connectivity index (χ1) is 6.15. The molecule has 1 saturated heterocycles. The van der Waals surface area contributed by atoms with Crippen molar-refractivity contribution in [1.29, 1.82) is 0 Å². The number of aliphatic carboxylic acids is 1. The first-order valence-electron chi connectivity index (χ1n) is 3.99. The molecule has 0 saturated carbocycles. The van der Waals surface area contributed by atoms with Crippen molar-refractivity contribution >= 4 is 27.4 Å². The largest absolute Gasteiger partial charge is 0.481 e. The Morgan fingerprint density at radius 3 is 2.46 bits per heavy atom. The SMILES string of the molecule is CCN1CC(C(=O)O)CC1=O.[B][B]. The van der Waals surface area contributed by atoms with Gasteiger partial charge in [-0.05, 0) is 6.92 Å². The maximum absolute atomic E-state index is 11.0. The minimum atomic E-state index is -0.866. The van der Waals surface area contributed by atoms with E-state index in [1.807, 2.05) is 6.92 Å². The molecule has 0 bridgehead atoms. The number of carboxylic acids is 1. The van der Waals surface area contributed by atoms with Crippen LogP contribution in [0.3, 0.4) is 0 Å². The van der Waals surface area contributed by atoms with Gasteiger partial charge in [0.25, 0.3) is 0 Å². The molecule has 0 aromatic rings. The highest BCUT2D eigenvalue weighted by molar-refractivity contribution is 6.75. The molecule has 1 atom stereocenters. The van der Waals surface area contributed by atoms with Crippen molar-refractivity contribution < 1.29 is 14.7 Å². The maximum atomic E-state index is 11.0. The van der Waals surface area contributed by atoms with E-state index in [0.717, 1.165) is 0 Å². The van der Waals surface area contributed by atoms with Crippen LogP contribution in [0.15, 0.2) is 0 Å². The zero-order chi connectivity index (χ0) is 10.4. The van der Waals surface area contributed by atoms with Crippen LogP contribution in [0.1, 0.15) is 13.3 Å². The highest BCUT2D eigenvalue weighted by Gasteiger charge is 2.32. The Hall–Kier alpha value is -0.930. The number of rotatable bonds is 2. The first-order valence-corrected chi connectivity index (χ1v) is 3.99. The zero-order valence-electron chi connectivity index (χ0n) is 7.56. The van der Waals surface area contributed by atoms with Gasteiger partial charge in [-0.3, -0.25) is 9.59 Å². The van der Waals surface area contributed by atoms with Gasteiger partial charge in [0.05, 0.1) is 5.92 Å². The second-order valence-electron chi connectivity index (χ2n) is 2.67. The molecule has 4 nitrogen and oxygen atoms in total. The quantitative estimate of drug-likeness (QED) is 0.563. The fraction of sp³-hybridized carbons (Fsp3) is 0.714. The average molecular weight is 179 g/mol. The van der Waals surface area contributed by atoms with Crippen molar-refractivity contribution in [3.8, 4) is 0 Å². The molecule has 0 aliphatic carbocycles. The minimum absolute atomic E-state index is 0.0418. The predicted molar refractivity (Wildman–Crippen MR) is 49.5 cm³/mol. The molecule has 1 unspecified atom stereocenters. The van der Waals surface area contributed by atoms with Crippen molar-refractivity contribution in [2.24, 2.45) is 5.92 Å². The summed E-state index contributed by atoms with van der Waals surface area (Å²) in [7, 11) is 8.00. The van der Waals surface area contributed by atoms with Crippen LogP contribution < -0.4 is 0 Å². The summed E-state index contributed by atoms with van der Waals surface area (Å²) < 4.78 is 0. The topological polar surface area (TPSA) is 57.6 Å². The first kappa shape index (κ1) is 12.1. The van der Waals surface area contributed by atoms with Gasteiger partial charge in [0.15, 0.2) is 0 Å². The molecule has 4 radical (unpaired) electrons. The third-order valence-corrected chi connectivity index (χ3v) is 1.95. The van der Waals surface area contributed by atoms with Crippen molar-refractivity contribution in [1.82, 2.24) is 4.90 Å². The number of hydrogen-bond donors (Lipinski definition) is 1. The number of carbonyl (C=O) groups excluding carboxylic acids is 1. The molecular formula is C7H11B2NO3. The molecule has 1 aliphatic heterocycles. The van der Waals surface area contributed by atoms with E-state index in [2.05, 4.69) is 15.5 Å². The van der Waals surface area contributed by atoms with Crippen molar-refractivity contribution in [3.63, 3.8) is 0 Å². The lowest BCUT2D eigenvalue weighted by Crippen LogP contribution is -2.25. The molecular weight excluding hydrogens is 168 g/mol. The number of amides is 1. The lowest BCUT2D eigenvalue weighted by Gasteiger charge is -2.11. The van der Waals surface area contributed by atoms with E-state index >= 15 is 0 Å². The van der Waals surface area contributed by atoms with Crippen LogP contribution >= 0.6 is 0 Å². The zero-order valence-corrected chi connectivity index (χ0v) is 7.56. The Bertz CT molecular complexity index is 198. The standard InChI is InChI=1S/C7H11NO3.B2/c1-2-8-4-5(7(10)11)3-6(8)9;1-2/h5H,2-4H2,1H3,(H,10,11);. The van der Waals surface area contributed by atoms with Crippen LogP contribution in [-0.4, -0.2) is 50.4 Å². The summed E-state index contributed by atoms with van der Waals surface area (Å²) in [6, 6.07) is 0. The molecule has 0 aromatic heterocycles. The molecule has 1 amide bonds. The summed E-state index contributed by atoms with van der Waals surface area (Å²) in [4.78, 5) is 23.0. The van der Waals surface area contributed by atoms with Crippen LogP contribution in [0.25, 0.3) is 0 Å². The average Bonchev–Trinajstić information content (AvgIpc) is 2.50. The van der Waals surface area contributed by atoms with Crippen LogP contribution in [0.4, 0.5) is 0 Å². The number of carboxylic acid groups (broad SMARTS) is 1. The van der Waals surface area contributed by atoms with Crippen LogP contribution in [-0.2, 0) is 9.59 Å². The predicted octanol–water partition coefficient (Wildman–Crippen LogP) is -0.822. The normalized spacial score (nSPS) is 20.8. The third kappa shape index (κ3) is 3.13. The summed E-state index contributed by atoms with van der Waals surface area (Å²) in [5.41, 5.74) is 0. The van der Waals surface area contributed by atoms with Gasteiger partial charge >= 0.3 is 5.97 Å². The van der Waals surface area contributed by atoms with E-state index < -0.39 is 11.9 Å². The highest BCUT2D eigenvalue weighted by atomic mass is 16.4. The summed E-state index contributed by atoms with van der Waals surface area (Å²) in [5.74, 6) is -1.39. The fourth-order valence-corrected chi connectivity index (χ4v) is 1.24. The number of carbonyl (C=O) groups is 2. The van der Waals surface area contributed by atoms with Gasteiger partial charge in [0, 0.05) is 35.0 Å². The molecule has 13 heavy (non-hydrogen) atoms. The lowest BCUT2D eigenvalue weighted by molar-refractivity contribution is -0.141. The lowest BCUT2D eigenvalue weighted by atomic mass is 9.81. The van der Waals surface area contributed by atoms with Gasteiger partial charge in [-0.1, -0.05) is 0 Å². The second-order valence-corrected chi connectivity index (χ2v) is 2.67. The van der Waals surface area contributed by atoms with Gasteiger partial charge < -0.3 is 10.0 Å². The van der Waals surface area contributed by atoms with E-state index in [9.17, 15) is 9.59 Å². The minimum Gasteiger partial charge on any atom is -0.481 e. The Balaban J connectivity index is 0.000000671. The molecule has 1 rings (SSSR count). The molecule has 6 heteroatoms. The van der Waals surface area contributed by atoms with Crippen molar-refractivity contribution in [2.45, 2.75) is 13.3 Å². The molecule has 1 aliphatic rings. The van der Waals surface area contributed by atoms with Gasteiger partial charge in [0.2, 0.25) is 5.91 Å². The van der Waals surface area contributed by atoms with Crippen LogP contribution in [0.5, 0.6) is 0 Å². The van der Waals surface area contributed by atoms with Gasteiger partial charge in [0.1, 0.15) is 0 Å². The van der Waals surface area contributed by atoms with E-state index in [0.29, 0.717) is 13.1 Å². The Labute approximate surface area is 80.1 Å². The molecule has 1 N–H and O–H groups in total. The van der Waals surface area contributed by atoms with Crippen molar-refractivity contribution in [2.75, 3.05) is 13.1 Å². The Kier molecular flexibility index (Phi) is 5.26. The maximum Gasteiger partial charge on any atom is 0.308 e. The third-order valence-electron chi connectivity index (χ3n) is 1.95. The molecule has 68 valence electrons. The smallest absolute Gasteiger partial charge is 0.308 e. The van der Waals surface area contributed by atoms with E-state index in [-0.39, 0.29) is 12.3 Å².